The van der Waals surface area contributed by atoms with Gasteiger partial charge in [0.2, 0.25) is 11.6 Å². The van der Waals surface area contributed by atoms with Gasteiger partial charge in [0.15, 0.2) is 6.20 Å². The van der Waals surface area contributed by atoms with Crippen LogP contribution in [0.4, 0.5) is 0 Å². The van der Waals surface area contributed by atoms with Crippen molar-refractivity contribution in [3.63, 3.8) is 0 Å². The Morgan fingerprint density at radius 1 is 0.778 bits per heavy atom. The van der Waals surface area contributed by atoms with Gasteiger partial charge in [-0.15, -0.1) is 0 Å². The maximum atomic E-state index is 12.3. The van der Waals surface area contributed by atoms with Crippen LogP contribution < -0.4 is 33.3 Å². The van der Waals surface area contributed by atoms with Crippen LogP contribution in [0.1, 0.15) is 109 Å². The predicted molar refractivity (Wildman–Crippen MR) is 145 cm³/mol. The largest absolute Gasteiger partial charge is 1.00 e. The SMILES string of the molecule is CCCCCCCCCCCCCCOc1ccc(CN(Cc2cccc[n+]2CC)C(C)=O)cc1.[I-]. The van der Waals surface area contributed by atoms with Crippen LogP contribution >= 0.6 is 0 Å². The van der Waals surface area contributed by atoms with Gasteiger partial charge < -0.3 is 33.6 Å². The number of unbranched alkanes of at least 4 members (excludes halogenated alkanes) is 11. The van der Waals surface area contributed by atoms with E-state index < -0.39 is 0 Å². The van der Waals surface area contributed by atoms with E-state index in [-0.39, 0.29) is 29.9 Å². The molecule has 0 bridgehead atoms. The van der Waals surface area contributed by atoms with Gasteiger partial charge in [-0.2, -0.15) is 0 Å². The molecule has 0 atom stereocenters. The first-order chi connectivity index (χ1) is 17.1. The van der Waals surface area contributed by atoms with Gasteiger partial charge in [0.05, 0.1) is 6.61 Å². The van der Waals surface area contributed by atoms with Crippen molar-refractivity contribution in [2.45, 2.75) is 117 Å². The number of ether oxygens (including phenoxy) is 1. The molecule has 2 rings (SSSR count). The normalized spacial score (nSPS) is 10.6. The number of halogens is 1. The van der Waals surface area contributed by atoms with Gasteiger partial charge in [-0.25, -0.2) is 4.57 Å². The summed E-state index contributed by atoms with van der Waals surface area (Å²) in [4.78, 5) is 14.2. The number of nitrogens with zero attached hydrogens (tertiary/aromatic N) is 2. The molecule has 0 radical (unpaired) electrons. The average molecular weight is 609 g/mol. The van der Waals surface area contributed by atoms with Crippen LogP contribution in [0.15, 0.2) is 48.7 Å². The minimum absolute atomic E-state index is 0. The van der Waals surface area contributed by atoms with Gasteiger partial charge in [0, 0.05) is 25.6 Å². The fourth-order valence-corrected chi connectivity index (χ4v) is 4.48. The number of pyridine rings is 1. The van der Waals surface area contributed by atoms with E-state index in [1.54, 1.807) is 6.92 Å². The number of benzene rings is 1. The van der Waals surface area contributed by atoms with Crippen LogP contribution in [0.25, 0.3) is 0 Å². The summed E-state index contributed by atoms with van der Waals surface area (Å²) in [5, 5.41) is 0. The van der Waals surface area contributed by atoms with Gasteiger partial charge in [-0.1, -0.05) is 95.8 Å². The Balaban J connectivity index is 0.00000648. The van der Waals surface area contributed by atoms with Crippen LogP contribution in [0, 0.1) is 0 Å². The van der Waals surface area contributed by atoms with Crippen molar-refractivity contribution < 1.29 is 38.1 Å². The lowest BCUT2D eigenvalue weighted by Gasteiger charge is -2.20. The molecule has 1 aromatic carbocycles. The summed E-state index contributed by atoms with van der Waals surface area (Å²) in [6.45, 7) is 8.94. The van der Waals surface area contributed by atoms with Crippen LogP contribution in [-0.4, -0.2) is 17.4 Å². The van der Waals surface area contributed by atoms with Crippen LogP contribution in [0.5, 0.6) is 5.75 Å². The quantitative estimate of drug-likeness (QED) is 0.133. The summed E-state index contributed by atoms with van der Waals surface area (Å²) in [7, 11) is 0. The molecule has 0 N–H and O–H groups in total. The lowest BCUT2D eigenvalue weighted by atomic mass is 10.1. The zero-order valence-corrected chi connectivity index (χ0v) is 25.2. The lowest BCUT2D eigenvalue weighted by molar-refractivity contribution is -0.701. The number of aryl methyl sites for hydroxylation is 1. The molecule has 1 heterocycles. The van der Waals surface area contributed by atoms with E-state index in [4.69, 9.17) is 4.74 Å². The first kappa shape index (κ1) is 32.4. The molecule has 1 aromatic heterocycles. The van der Waals surface area contributed by atoms with Gasteiger partial charge in [0.25, 0.3) is 0 Å². The zero-order chi connectivity index (χ0) is 25.1. The monoisotopic (exact) mass is 608 g/mol. The topological polar surface area (TPSA) is 33.4 Å². The molecule has 2 aromatic rings. The summed E-state index contributed by atoms with van der Waals surface area (Å²) >= 11 is 0. The van der Waals surface area contributed by atoms with Crippen LogP contribution in [-0.2, 0) is 24.4 Å². The third-order valence-corrected chi connectivity index (χ3v) is 6.74. The summed E-state index contributed by atoms with van der Waals surface area (Å²) in [6, 6.07) is 14.4. The predicted octanol–water partition coefficient (Wildman–Crippen LogP) is 4.63. The van der Waals surface area contributed by atoms with Crippen molar-refractivity contribution in [1.29, 1.82) is 0 Å². The Kier molecular flexibility index (Phi) is 18.4. The van der Waals surface area contributed by atoms with Crippen molar-refractivity contribution in [3.05, 3.63) is 59.9 Å². The third-order valence-electron chi connectivity index (χ3n) is 6.74. The number of aromatic nitrogens is 1. The molecule has 0 aliphatic carbocycles. The van der Waals surface area contributed by atoms with E-state index in [1.807, 2.05) is 29.2 Å². The Morgan fingerprint density at radius 2 is 1.36 bits per heavy atom. The molecule has 0 fully saturated rings. The van der Waals surface area contributed by atoms with Crippen LogP contribution in [0.2, 0.25) is 0 Å². The number of amides is 1. The first-order valence-corrected chi connectivity index (χ1v) is 14.1. The highest BCUT2D eigenvalue weighted by Gasteiger charge is 2.16. The molecular formula is C31H49IN2O2. The van der Waals surface area contributed by atoms with Crippen LogP contribution in [0.3, 0.4) is 0 Å². The van der Waals surface area contributed by atoms with E-state index in [0.29, 0.717) is 13.1 Å². The molecule has 0 aliphatic rings. The van der Waals surface area contributed by atoms with Crippen molar-refractivity contribution >= 4 is 5.91 Å². The second kappa shape index (κ2) is 20.4. The highest BCUT2D eigenvalue weighted by molar-refractivity contribution is 5.73. The number of hydrogen-bond acceptors (Lipinski definition) is 2. The van der Waals surface area contributed by atoms with E-state index in [9.17, 15) is 4.79 Å². The number of carbonyl (C=O) groups is 1. The Bertz CT molecular complexity index is 826. The second-order valence-electron chi connectivity index (χ2n) is 9.73. The highest BCUT2D eigenvalue weighted by atomic mass is 127. The second-order valence-corrected chi connectivity index (χ2v) is 9.73. The molecule has 0 spiro atoms. The molecule has 0 saturated heterocycles. The van der Waals surface area contributed by atoms with E-state index in [1.165, 1.54) is 70.6 Å². The van der Waals surface area contributed by atoms with Crippen molar-refractivity contribution in [3.8, 4) is 5.75 Å². The maximum absolute atomic E-state index is 12.3. The Labute approximate surface area is 237 Å². The van der Waals surface area contributed by atoms with E-state index >= 15 is 0 Å². The molecular weight excluding hydrogens is 559 g/mol. The van der Waals surface area contributed by atoms with E-state index in [2.05, 4.69) is 42.8 Å². The number of rotatable bonds is 19. The summed E-state index contributed by atoms with van der Waals surface area (Å²) in [6.07, 6.45) is 18.3. The molecule has 0 unspecified atom stereocenters. The molecule has 5 heteroatoms. The molecule has 36 heavy (non-hydrogen) atoms. The number of carbonyl (C=O) groups excluding carboxylic acids is 1. The van der Waals surface area contributed by atoms with Gasteiger partial charge in [-0.3, -0.25) is 4.79 Å². The maximum Gasteiger partial charge on any atom is 0.220 e. The Morgan fingerprint density at radius 3 is 1.92 bits per heavy atom. The summed E-state index contributed by atoms with van der Waals surface area (Å²) in [5.41, 5.74) is 2.27. The third kappa shape index (κ3) is 13.6. The van der Waals surface area contributed by atoms with Gasteiger partial charge >= 0.3 is 0 Å². The highest BCUT2D eigenvalue weighted by Crippen LogP contribution is 2.16. The molecule has 4 nitrogen and oxygen atoms in total. The fourth-order valence-electron chi connectivity index (χ4n) is 4.48. The fraction of sp³-hybridized carbons (Fsp3) is 0.613. The van der Waals surface area contributed by atoms with Crippen molar-refractivity contribution in [2.24, 2.45) is 0 Å². The van der Waals surface area contributed by atoms with Gasteiger partial charge in [-0.05, 0) is 31.0 Å². The molecule has 1 amide bonds. The lowest BCUT2D eigenvalue weighted by Crippen LogP contribution is -3.00. The molecule has 0 aliphatic heterocycles. The number of hydrogen-bond donors (Lipinski definition) is 0. The smallest absolute Gasteiger partial charge is 0.220 e. The van der Waals surface area contributed by atoms with Crippen molar-refractivity contribution in [2.75, 3.05) is 6.61 Å². The summed E-state index contributed by atoms with van der Waals surface area (Å²) < 4.78 is 8.13. The first-order valence-electron chi connectivity index (χ1n) is 14.1. The van der Waals surface area contributed by atoms with E-state index in [0.717, 1.165) is 36.6 Å². The Hall–Kier alpha value is -1.63. The molecule has 202 valence electrons. The minimum Gasteiger partial charge on any atom is -1.00 e. The molecule has 0 saturated carbocycles. The summed E-state index contributed by atoms with van der Waals surface area (Å²) in [5.74, 6) is 1.00. The average Bonchev–Trinajstić information content (AvgIpc) is 2.87. The zero-order valence-electron chi connectivity index (χ0n) is 23.0. The standard InChI is InChI=1S/C31H49N2O2.HI/c1-4-6-7-8-9-10-11-12-13-14-15-18-25-35-31-22-20-29(21-23-31)26-33(28(3)34)27-30-19-16-17-24-32(30)5-2;/h16-17,19-24H,4-15,18,25-27H2,1-3H3;1H/q+1;/p-1. The minimum atomic E-state index is 0. The van der Waals surface area contributed by atoms with Crippen molar-refractivity contribution in [1.82, 2.24) is 4.90 Å². The van der Waals surface area contributed by atoms with Gasteiger partial charge in [0.1, 0.15) is 18.8 Å².